The molecule has 0 fully saturated rings. The fourth-order valence-corrected chi connectivity index (χ4v) is 10.5. The van der Waals surface area contributed by atoms with Crippen LogP contribution in [0.2, 0.25) is 0 Å². The van der Waals surface area contributed by atoms with E-state index in [2.05, 4.69) is 207 Å². The molecule has 11 rings (SSSR count). The van der Waals surface area contributed by atoms with Crippen molar-refractivity contribution in [1.29, 1.82) is 0 Å². The summed E-state index contributed by atoms with van der Waals surface area (Å²) in [5, 5.41) is 7.74. The fraction of sp³-hybridized carbons (Fsp3) is 0.0566. The molecule has 0 N–H and O–H groups in total. The van der Waals surface area contributed by atoms with Gasteiger partial charge in [-0.2, -0.15) is 0 Å². The molecule has 0 saturated carbocycles. The van der Waals surface area contributed by atoms with E-state index in [-0.39, 0.29) is 5.41 Å². The van der Waals surface area contributed by atoms with E-state index < -0.39 is 0 Å². The molecule has 1 aliphatic rings. The minimum atomic E-state index is -0.155. The molecular weight excluding hydrogens is 683 g/mol. The van der Waals surface area contributed by atoms with E-state index >= 15 is 0 Å². The Labute approximate surface area is 325 Å². The summed E-state index contributed by atoms with van der Waals surface area (Å²) in [6, 6.07) is 69.5. The van der Waals surface area contributed by atoms with Gasteiger partial charge in [-0.25, -0.2) is 0 Å². The second-order valence-electron chi connectivity index (χ2n) is 15.3. The van der Waals surface area contributed by atoms with Crippen molar-refractivity contribution in [3.8, 4) is 33.4 Å². The second-order valence-corrected chi connectivity index (χ2v) is 16.3. The molecule has 9 aromatic carbocycles. The fourth-order valence-electron chi connectivity index (χ4n) is 9.27. The normalized spacial score (nSPS) is 13.1. The Hall–Kier alpha value is -6.48. The van der Waals surface area contributed by atoms with Crippen molar-refractivity contribution in [1.82, 2.24) is 0 Å². The zero-order valence-electron chi connectivity index (χ0n) is 30.8. The maximum atomic E-state index is 2.49. The van der Waals surface area contributed by atoms with E-state index in [9.17, 15) is 0 Å². The quantitative estimate of drug-likeness (QED) is 0.171. The molecule has 0 spiro atoms. The third-order valence-corrected chi connectivity index (χ3v) is 13.1. The van der Waals surface area contributed by atoms with Crippen LogP contribution in [0, 0.1) is 0 Å². The second kappa shape index (κ2) is 12.3. The molecule has 1 nitrogen and oxygen atoms in total. The summed E-state index contributed by atoms with van der Waals surface area (Å²) in [6.07, 6.45) is 0. The number of benzene rings is 9. The molecule has 10 aromatic rings. The molecule has 55 heavy (non-hydrogen) atoms. The van der Waals surface area contributed by atoms with Crippen molar-refractivity contribution in [2.75, 3.05) is 4.90 Å². The van der Waals surface area contributed by atoms with Gasteiger partial charge in [-0.05, 0) is 96.9 Å². The van der Waals surface area contributed by atoms with Crippen LogP contribution in [0.1, 0.15) is 25.0 Å². The van der Waals surface area contributed by atoms with Gasteiger partial charge in [-0.15, -0.1) is 11.3 Å². The van der Waals surface area contributed by atoms with Crippen molar-refractivity contribution in [3.63, 3.8) is 0 Å². The van der Waals surface area contributed by atoms with Crippen molar-refractivity contribution >= 4 is 70.1 Å². The van der Waals surface area contributed by atoms with Gasteiger partial charge in [0.25, 0.3) is 0 Å². The first-order valence-electron chi connectivity index (χ1n) is 19.1. The minimum absolute atomic E-state index is 0.155. The monoisotopic (exact) mass is 719 g/mol. The Bertz CT molecular complexity index is 3110. The molecule has 0 bridgehead atoms. The molecule has 0 radical (unpaired) electrons. The molecule has 0 aliphatic heterocycles. The van der Waals surface area contributed by atoms with Gasteiger partial charge < -0.3 is 4.90 Å². The van der Waals surface area contributed by atoms with Crippen LogP contribution in [0.25, 0.3) is 75.1 Å². The summed E-state index contributed by atoms with van der Waals surface area (Å²) < 4.78 is 2.66. The number of hydrogen-bond acceptors (Lipinski definition) is 2. The largest absolute Gasteiger partial charge is 0.310 e. The van der Waals surface area contributed by atoms with Gasteiger partial charge in [-0.3, -0.25) is 0 Å². The molecule has 1 heterocycles. The molecule has 1 aliphatic carbocycles. The smallest absolute Gasteiger partial charge is 0.0549 e. The van der Waals surface area contributed by atoms with Crippen LogP contribution >= 0.6 is 11.3 Å². The number of anilines is 3. The standard InChI is InChI=1S/C53H37NS/c1-53(2)47-23-9-7-19-46(47)50-48(33-37-14-4-6-17-42(37)51(50)53)54(38-29-25-35(26-30-38)41-20-11-15-34-13-3-5-16-40(34)41)39-31-27-36(28-32-39)43-21-12-22-45-44-18-8-10-24-49(44)55-52(43)45/h3-33H,1-2H3. The topological polar surface area (TPSA) is 3.24 Å². The Morgan fingerprint density at radius 1 is 0.436 bits per heavy atom. The van der Waals surface area contributed by atoms with E-state index in [1.54, 1.807) is 0 Å². The molecule has 1 aromatic heterocycles. The first kappa shape index (κ1) is 32.0. The lowest BCUT2D eigenvalue weighted by Crippen LogP contribution is -2.16. The van der Waals surface area contributed by atoms with Crippen LogP contribution in [0.3, 0.4) is 0 Å². The lowest BCUT2D eigenvalue weighted by atomic mass is 9.80. The van der Waals surface area contributed by atoms with Crippen molar-refractivity contribution in [2.24, 2.45) is 0 Å². The highest BCUT2D eigenvalue weighted by Gasteiger charge is 2.39. The molecule has 260 valence electrons. The highest BCUT2D eigenvalue weighted by atomic mass is 32.1. The minimum Gasteiger partial charge on any atom is -0.310 e. The average Bonchev–Trinajstić information content (AvgIpc) is 3.74. The predicted octanol–water partition coefficient (Wildman–Crippen LogP) is 15.5. The van der Waals surface area contributed by atoms with Crippen LogP contribution in [0.4, 0.5) is 17.1 Å². The number of fused-ring (bicyclic) bond motifs is 9. The van der Waals surface area contributed by atoms with Crippen LogP contribution < -0.4 is 4.90 Å². The van der Waals surface area contributed by atoms with E-state index in [4.69, 9.17) is 0 Å². The van der Waals surface area contributed by atoms with Crippen LogP contribution in [-0.2, 0) is 5.41 Å². The van der Waals surface area contributed by atoms with Crippen LogP contribution in [0.15, 0.2) is 188 Å². The third kappa shape index (κ3) is 4.92. The van der Waals surface area contributed by atoms with Crippen LogP contribution in [0.5, 0.6) is 0 Å². The maximum Gasteiger partial charge on any atom is 0.0549 e. The SMILES string of the molecule is CC1(C)c2ccccc2-c2c(N(c3ccc(-c4cccc5ccccc45)cc3)c3ccc(-c4cccc5c4sc4ccccc45)cc3)cc3ccccc3c21. The first-order chi connectivity index (χ1) is 27.0. The van der Waals surface area contributed by atoms with E-state index in [0.717, 1.165) is 11.4 Å². The van der Waals surface area contributed by atoms with Gasteiger partial charge in [-0.1, -0.05) is 166 Å². The number of thiophene rings is 1. The van der Waals surface area contributed by atoms with E-state index in [1.165, 1.54) is 91.9 Å². The molecule has 0 unspecified atom stereocenters. The summed E-state index contributed by atoms with van der Waals surface area (Å²) in [5.74, 6) is 0. The highest BCUT2D eigenvalue weighted by molar-refractivity contribution is 7.26. The highest BCUT2D eigenvalue weighted by Crippen LogP contribution is 2.57. The Morgan fingerprint density at radius 2 is 0.982 bits per heavy atom. The van der Waals surface area contributed by atoms with Crippen molar-refractivity contribution in [3.05, 3.63) is 199 Å². The number of rotatable bonds is 5. The Morgan fingerprint density at radius 3 is 1.76 bits per heavy atom. The summed E-state index contributed by atoms with van der Waals surface area (Å²) in [6.45, 7) is 4.78. The maximum absolute atomic E-state index is 2.49. The average molecular weight is 720 g/mol. The molecule has 2 heteroatoms. The van der Waals surface area contributed by atoms with Gasteiger partial charge >= 0.3 is 0 Å². The van der Waals surface area contributed by atoms with Crippen molar-refractivity contribution in [2.45, 2.75) is 19.3 Å². The van der Waals surface area contributed by atoms with Crippen LogP contribution in [-0.4, -0.2) is 0 Å². The van der Waals surface area contributed by atoms with Gasteiger partial charge in [0.05, 0.1) is 5.69 Å². The summed E-state index contributed by atoms with van der Waals surface area (Å²) in [7, 11) is 0. The molecule has 0 atom stereocenters. The third-order valence-electron chi connectivity index (χ3n) is 11.8. The molecular formula is C53H37NS. The van der Waals surface area contributed by atoms with Gasteiger partial charge in [0.1, 0.15) is 0 Å². The Balaban J connectivity index is 1.12. The summed E-state index contributed by atoms with van der Waals surface area (Å²) in [4.78, 5) is 2.49. The lowest BCUT2D eigenvalue weighted by molar-refractivity contribution is 0.666. The zero-order valence-corrected chi connectivity index (χ0v) is 31.6. The summed E-state index contributed by atoms with van der Waals surface area (Å²) >= 11 is 1.88. The van der Waals surface area contributed by atoms with Gasteiger partial charge in [0.15, 0.2) is 0 Å². The Kier molecular flexibility index (Phi) is 7.14. The molecule has 0 amide bonds. The van der Waals surface area contributed by atoms with E-state index in [0.29, 0.717) is 0 Å². The lowest BCUT2D eigenvalue weighted by Gasteiger charge is -2.30. The number of hydrogen-bond donors (Lipinski definition) is 0. The molecule has 0 saturated heterocycles. The van der Waals surface area contributed by atoms with Gasteiger partial charge in [0.2, 0.25) is 0 Å². The zero-order chi connectivity index (χ0) is 36.7. The first-order valence-corrected chi connectivity index (χ1v) is 19.9. The number of nitrogens with zero attached hydrogens (tertiary/aromatic N) is 1. The summed E-state index contributed by atoms with van der Waals surface area (Å²) in [5.41, 5.74) is 13.7. The predicted molar refractivity (Wildman–Crippen MR) is 237 cm³/mol. The van der Waals surface area contributed by atoms with E-state index in [1.807, 2.05) is 11.3 Å². The van der Waals surface area contributed by atoms with Crippen molar-refractivity contribution < 1.29 is 0 Å². The van der Waals surface area contributed by atoms with Gasteiger partial charge in [0, 0.05) is 42.5 Å².